The molecule has 1 rings (SSSR count). The van der Waals surface area contributed by atoms with E-state index in [2.05, 4.69) is 0 Å². The highest BCUT2D eigenvalue weighted by atomic mass is 32.2. The van der Waals surface area contributed by atoms with Gasteiger partial charge in [0.1, 0.15) is 5.82 Å². The van der Waals surface area contributed by atoms with E-state index < -0.39 is 15.8 Å². The Bertz CT molecular complexity index is 502. The fraction of sp³-hybridized carbons (Fsp3) is 0.455. The largest absolute Gasteiger partial charge is 0.396 e. The fourth-order valence-electron chi connectivity index (χ4n) is 1.34. The standard InChI is InChI=1S/C11H17FN2O2S/c1-4-8(2)14(3)17(15,16)9-5-6-10(12)11(13)7-9/h5-8H,4,13H2,1-3H3. The highest BCUT2D eigenvalue weighted by molar-refractivity contribution is 7.89. The molecule has 0 spiro atoms. The molecule has 0 aromatic heterocycles. The van der Waals surface area contributed by atoms with Crippen LogP contribution in [0.5, 0.6) is 0 Å². The molecule has 2 N–H and O–H groups in total. The van der Waals surface area contributed by atoms with E-state index in [9.17, 15) is 12.8 Å². The van der Waals surface area contributed by atoms with Gasteiger partial charge in [-0.05, 0) is 31.5 Å². The maximum atomic E-state index is 13.0. The average Bonchev–Trinajstić information content (AvgIpc) is 2.30. The van der Waals surface area contributed by atoms with Gasteiger partial charge in [-0.15, -0.1) is 0 Å². The van der Waals surface area contributed by atoms with Crippen LogP contribution < -0.4 is 5.73 Å². The Balaban J connectivity index is 3.17. The molecule has 0 bridgehead atoms. The Morgan fingerprint density at radius 2 is 2.06 bits per heavy atom. The fourth-order valence-corrected chi connectivity index (χ4v) is 2.81. The number of nitrogens with two attached hydrogens (primary N) is 1. The van der Waals surface area contributed by atoms with Crippen molar-refractivity contribution in [2.24, 2.45) is 0 Å². The minimum Gasteiger partial charge on any atom is -0.396 e. The van der Waals surface area contributed by atoms with E-state index in [0.717, 1.165) is 12.1 Å². The summed E-state index contributed by atoms with van der Waals surface area (Å²) in [4.78, 5) is 0.0131. The van der Waals surface area contributed by atoms with Gasteiger partial charge in [0, 0.05) is 13.1 Å². The second kappa shape index (κ2) is 5.01. The molecule has 1 atom stereocenters. The third-order valence-electron chi connectivity index (χ3n) is 2.86. The summed E-state index contributed by atoms with van der Waals surface area (Å²) < 4.78 is 38.5. The van der Waals surface area contributed by atoms with Gasteiger partial charge in [-0.1, -0.05) is 6.92 Å². The summed E-state index contributed by atoms with van der Waals surface area (Å²) in [7, 11) is -2.10. The van der Waals surface area contributed by atoms with Crippen LogP contribution in [0.2, 0.25) is 0 Å². The predicted octanol–water partition coefficient (Wildman–Crippen LogP) is 1.83. The van der Waals surface area contributed by atoms with Crippen LogP contribution in [-0.4, -0.2) is 25.8 Å². The van der Waals surface area contributed by atoms with Gasteiger partial charge in [0.2, 0.25) is 10.0 Å². The Morgan fingerprint density at radius 3 is 2.53 bits per heavy atom. The summed E-state index contributed by atoms with van der Waals surface area (Å²) in [6, 6.07) is 3.31. The lowest BCUT2D eigenvalue weighted by Gasteiger charge is -2.23. The molecule has 0 fully saturated rings. The van der Waals surface area contributed by atoms with Gasteiger partial charge in [-0.2, -0.15) is 4.31 Å². The van der Waals surface area contributed by atoms with E-state index in [0.29, 0.717) is 6.42 Å². The summed E-state index contributed by atoms with van der Waals surface area (Å²) in [6.45, 7) is 3.71. The number of hydrogen-bond acceptors (Lipinski definition) is 3. The molecular formula is C11H17FN2O2S. The van der Waals surface area contributed by atoms with Crippen LogP contribution in [0.3, 0.4) is 0 Å². The number of benzene rings is 1. The third-order valence-corrected chi connectivity index (χ3v) is 4.82. The molecular weight excluding hydrogens is 243 g/mol. The Morgan fingerprint density at radius 1 is 1.47 bits per heavy atom. The maximum absolute atomic E-state index is 13.0. The average molecular weight is 260 g/mol. The molecule has 0 radical (unpaired) electrons. The van der Waals surface area contributed by atoms with Crippen molar-refractivity contribution in [3.8, 4) is 0 Å². The highest BCUT2D eigenvalue weighted by Crippen LogP contribution is 2.21. The zero-order valence-corrected chi connectivity index (χ0v) is 11.0. The summed E-state index contributed by atoms with van der Waals surface area (Å²) in [6.07, 6.45) is 0.701. The van der Waals surface area contributed by atoms with Crippen LogP contribution in [0.1, 0.15) is 20.3 Å². The number of sulfonamides is 1. The monoisotopic (exact) mass is 260 g/mol. The minimum absolute atomic E-state index is 0.0131. The Labute approximate surface area is 101 Å². The second-order valence-corrected chi connectivity index (χ2v) is 5.96. The van der Waals surface area contributed by atoms with Crippen molar-refractivity contribution in [2.75, 3.05) is 12.8 Å². The number of nitrogen functional groups attached to an aromatic ring is 1. The normalized spacial score (nSPS) is 13.9. The predicted molar refractivity (Wildman–Crippen MR) is 65.5 cm³/mol. The number of anilines is 1. The molecule has 1 unspecified atom stereocenters. The molecule has 0 saturated carbocycles. The van der Waals surface area contributed by atoms with E-state index >= 15 is 0 Å². The molecule has 1 aromatic rings. The number of rotatable bonds is 4. The Hall–Kier alpha value is -1.14. The van der Waals surface area contributed by atoms with Gasteiger partial charge in [0.25, 0.3) is 0 Å². The zero-order chi connectivity index (χ0) is 13.2. The van der Waals surface area contributed by atoms with Crippen molar-refractivity contribution in [1.82, 2.24) is 4.31 Å². The van der Waals surface area contributed by atoms with Gasteiger partial charge in [-0.25, -0.2) is 12.8 Å². The molecule has 96 valence electrons. The Kier molecular flexibility index (Phi) is 4.11. The molecule has 0 aliphatic heterocycles. The SMILES string of the molecule is CCC(C)N(C)S(=O)(=O)c1ccc(F)c(N)c1. The molecule has 17 heavy (non-hydrogen) atoms. The molecule has 4 nitrogen and oxygen atoms in total. The lowest BCUT2D eigenvalue weighted by atomic mass is 10.3. The van der Waals surface area contributed by atoms with Crippen LogP contribution >= 0.6 is 0 Å². The van der Waals surface area contributed by atoms with Crippen molar-refractivity contribution < 1.29 is 12.8 Å². The second-order valence-electron chi connectivity index (χ2n) is 3.96. The van der Waals surface area contributed by atoms with Gasteiger partial charge < -0.3 is 5.73 Å². The lowest BCUT2D eigenvalue weighted by molar-refractivity contribution is 0.380. The van der Waals surface area contributed by atoms with Gasteiger partial charge >= 0.3 is 0 Å². The topological polar surface area (TPSA) is 63.4 Å². The number of hydrogen-bond donors (Lipinski definition) is 1. The number of halogens is 1. The molecule has 1 aromatic carbocycles. The zero-order valence-electron chi connectivity index (χ0n) is 10.1. The minimum atomic E-state index is -3.60. The van der Waals surface area contributed by atoms with Crippen LogP contribution in [0, 0.1) is 5.82 Å². The molecule has 0 amide bonds. The van der Waals surface area contributed by atoms with E-state index in [1.165, 1.54) is 17.4 Å². The van der Waals surface area contributed by atoms with Gasteiger partial charge in [0.15, 0.2) is 0 Å². The summed E-state index contributed by atoms with van der Waals surface area (Å²) >= 11 is 0. The summed E-state index contributed by atoms with van der Waals surface area (Å²) in [5.41, 5.74) is 5.20. The first-order valence-electron chi connectivity index (χ1n) is 5.33. The van der Waals surface area contributed by atoms with Crippen LogP contribution in [0.4, 0.5) is 10.1 Å². The number of nitrogens with zero attached hydrogens (tertiary/aromatic N) is 1. The van der Waals surface area contributed by atoms with Crippen molar-refractivity contribution in [3.05, 3.63) is 24.0 Å². The highest BCUT2D eigenvalue weighted by Gasteiger charge is 2.24. The van der Waals surface area contributed by atoms with Crippen LogP contribution in [0.25, 0.3) is 0 Å². The molecule has 0 heterocycles. The lowest BCUT2D eigenvalue weighted by Crippen LogP contribution is -2.34. The van der Waals surface area contributed by atoms with Crippen molar-refractivity contribution >= 4 is 15.7 Å². The van der Waals surface area contributed by atoms with Crippen molar-refractivity contribution in [2.45, 2.75) is 31.2 Å². The molecule has 6 heteroatoms. The molecule has 0 aliphatic carbocycles. The smallest absolute Gasteiger partial charge is 0.243 e. The quantitative estimate of drug-likeness (QED) is 0.840. The third kappa shape index (κ3) is 2.76. The van der Waals surface area contributed by atoms with Crippen LogP contribution in [-0.2, 0) is 10.0 Å². The summed E-state index contributed by atoms with van der Waals surface area (Å²) in [5.74, 6) is -0.616. The molecule has 0 saturated heterocycles. The van der Waals surface area contributed by atoms with Gasteiger partial charge in [0.05, 0.1) is 10.6 Å². The first kappa shape index (κ1) is 13.9. The summed E-state index contributed by atoms with van der Waals surface area (Å²) in [5, 5.41) is 0. The molecule has 0 aliphatic rings. The van der Waals surface area contributed by atoms with E-state index in [1.807, 2.05) is 13.8 Å². The van der Waals surface area contributed by atoms with Crippen molar-refractivity contribution in [3.63, 3.8) is 0 Å². The maximum Gasteiger partial charge on any atom is 0.243 e. The van der Waals surface area contributed by atoms with Crippen LogP contribution in [0.15, 0.2) is 23.1 Å². The van der Waals surface area contributed by atoms with E-state index in [4.69, 9.17) is 5.73 Å². The van der Waals surface area contributed by atoms with Gasteiger partial charge in [-0.3, -0.25) is 0 Å². The van der Waals surface area contributed by atoms with Crippen molar-refractivity contribution in [1.29, 1.82) is 0 Å². The first-order chi connectivity index (χ1) is 7.80. The van der Waals surface area contributed by atoms with E-state index in [1.54, 1.807) is 0 Å². The van der Waals surface area contributed by atoms with E-state index in [-0.39, 0.29) is 16.6 Å². The first-order valence-corrected chi connectivity index (χ1v) is 6.77.